The largest absolute Gasteiger partial charge is 0.326 e. The van der Waals surface area contributed by atoms with Crippen LogP contribution >= 0.6 is 11.6 Å². The van der Waals surface area contributed by atoms with Gasteiger partial charge in [0.2, 0.25) is 5.91 Å². The van der Waals surface area contributed by atoms with Gasteiger partial charge >= 0.3 is 0 Å². The Kier molecular flexibility index (Phi) is 4.14. The van der Waals surface area contributed by atoms with Gasteiger partial charge in [0.25, 0.3) is 0 Å². The lowest BCUT2D eigenvalue weighted by molar-refractivity contribution is -0.117. The molecule has 4 heteroatoms. The van der Waals surface area contributed by atoms with Gasteiger partial charge in [-0.15, -0.1) is 0 Å². The maximum Gasteiger partial charge on any atom is 0.224 e. The van der Waals surface area contributed by atoms with Crippen molar-refractivity contribution < 1.29 is 4.79 Å². The lowest BCUT2D eigenvalue weighted by atomic mass is 9.92. The highest BCUT2D eigenvalue weighted by Crippen LogP contribution is 2.22. The fraction of sp³-hybridized carbons (Fsp3) is 0.385. The van der Waals surface area contributed by atoms with Crippen molar-refractivity contribution in [2.75, 3.05) is 5.32 Å². The SMILES string of the molecule is CC(C)(C)CC(=O)Nc1ccc(C#N)c(Cl)c1. The van der Waals surface area contributed by atoms with Crippen LogP contribution in [-0.4, -0.2) is 5.91 Å². The summed E-state index contributed by atoms with van der Waals surface area (Å²) in [4.78, 5) is 11.7. The van der Waals surface area contributed by atoms with Crippen LogP contribution < -0.4 is 5.32 Å². The number of nitrogens with zero attached hydrogens (tertiary/aromatic N) is 1. The number of nitriles is 1. The van der Waals surface area contributed by atoms with Gasteiger partial charge in [0, 0.05) is 12.1 Å². The number of nitrogens with one attached hydrogen (secondary N) is 1. The van der Waals surface area contributed by atoms with Crippen LogP contribution in [0.1, 0.15) is 32.8 Å². The van der Waals surface area contributed by atoms with Gasteiger partial charge in [-0.25, -0.2) is 0 Å². The first-order valence-electron chi connectivity index (χ1n) is 5.31. The Morgan fingerprint density at radius 3 is 2.59 bits per heavy atom. The van der Waals surface area contributed by atoms with Crippen LogP contribution in [0.4, 0.5) is 5.69 Å². The predicted molar refractivity (Wildman–Crippen MR) is 68.9 cm³/mol. The third kappa shape index (κ3) is 4.46. The molecule has 3 nitrogen and oxygen atoms in total. The molecule has 1 aromatic rings. The highest BCUT2D eigenvalue weighted by Gasteiger charge is 2.16. The minimum atomic E-state index is -0.0572. The molecule has 0 aromatic heterocycles. The summed E-state index contributed by atoms with van der Waals surface area (Å²) in [6.07, 6.45) is 0.435. The second kappa shape index (κ2) is 5.20. The van der Waals surface area contributed by atoms with E-state index in [4.69, 9.17) is 16.9 Å². The Labute approximate surface area is 106 Å². The van der Waals surface area contributed by atoms with E-state index in [9.17, 15) is 4.79 Å². The molecule has 1 amide bonds. The van der Waals surface area contributed by atoms with Crippen molar-refractivity contribution >= 4 is 23.2 Å². The molecular formula is C13H15ClN2O. The number of carbonyl (C=O) groups is 1. The van der Waals surface area contributed by atoms with Gasteiger partial charge in [0.05, 0.1) is 10.6 Å². The smallest absolute Gasteiger partial charge is 0.224 e. The number of hydrogen-bond donors (Lipinski definition) is 1. The van der Waals surface area contributed by atoms with Crippen LogP contribution in [0.5, 0.6) is 0 Å². The molecule has 0 saturated heterocycles. The Hall–Kier alpha value is -1.53. The molecule has 0 unspecified atom stereocenters. The molecule has 90 valence electrons. The van der Waals surface area contributed by atoms with Crippen molar-refractivity contribution in [3.8, 4) is 6.07 Å². The van der Waals surface area contributed by atoms with Gasteiger partial charge < -0.3 is 5.32 Å². The van der Waals surface area contributed by atoms with E-state index in [-0.39, 0.29) is 11.3 Å². The molecule has 0 radical (unpaired) electrons. The summed E-state index contributed by atoms with van der Waals surface area (Å²) in [5.74, 6) is -0.0572. The van der Waals surface area contributed by atoms with E-state index in [1.165, 1.54) is 0 Å². The van der Waals surface area contributed by atoms with Gasteiger partial charge in [-0.2, -0.15) is 5.26 Å². The molecule has 0 aliphatic heterocycles. The standard InChI is InChI=1S/C13H15ClN2O/c1-13(2,3)7-12(17)16-10-5-4-9(8-15)11(14)6-10/h4-6H,7H2,1-3H3,(H,16,17). The van der Waals surface area contributed by atoms with Crippen molar-refractivity contribution in [3.05, 3.63) is 28.8 Å². The normalized spacial score (nSPS) is 10.8. The summed E-state index contributed by atoms with van der Waals surface area (Å²) >= 11 is 5.87. The van der Waals surface area contributed by atoms with Crippen molar-refractivity contribution in [1.29, 1.82) is 5.26 Å². The van der Waals surface area contributed by atoms with Crippen LogP contribution in [0.3, 0.4) is 0 Å². The summed E-state index contributed by atoms with van der Waals surface area (Å²) in [6.45, 7) is 6.00. The molecule has 0 spiro atoms. The lowest BCUT2D eigenvalue weighted by Crippen LogP contribution is -2.19. The van der Waals surface area contributed by atoms with E-state index in [2.05, 4.69) is 5.32 Å². The first-order chi connectivity index (χ1) is 7.81. The molecule has 1 N–H and O–H groups in total. The van der Waals surface area contributed by atoms with E-state index in [1.54, 1.807) is 18.2 Å². The predicted octanol–water partition coefficient (Wildman–Crippen LogP) is 3.59. The van der Waals surface area contributed by atoms with E-state index >= 15 is 0 Å². The molecule has 0 fully saturated rings. The Bertz CT molecular complexity index is 469. The summed E-state index contributed by atoms with van der Waals surface area (Å²) in [7, 11) is 0. The van der Waals surface area contributed by atoms with Crippen LogP contribution in [0.15, 0.2) is 18.2 Å². The molecular weight excluding hydrogens is 236 g/mol. The fourth-order valence-electron chi connectivity index (χ4n) is 1.37. The number of amides is 1. The van der Waals surface area contributed by atoms with Crippen molar-refractivity contribution in [2.45, 2.75) is 27.2 Å². The summed E-state index contributed by atoms with van der Waals surface area (Å²) < 4.78 is 0. The zero-order valence-electron chi connectivity index (χ0n) is 10.2. The third-order valence-electron chi connectivity index (χ3n) is 2.06. The zero-order valence-corrected chi connectivity index (χ0v) is 10.9. The van der Waals surface area contributed by atoms with E-state index in [0.717, 1.165) is 0 Å². The lowest BCUT2D eigenvalue weighted by Gasteiger charge is -2.17. The van der Waals surface area contributed by atoms with Gasteiger partial charge in [0.15, 0.2) is 0 Å². The molecule has 0 atom stereocenters. The quantitative estimate of drug-likeness (QED) is 0.872. The minimum absolute atomic E-state index is 0.0551. The second-order valence-electron chi connectivity index (χ2n) is 5.09. The second-order valence-corrected chi connectivity index (χ2v) is 5.50. The fourth-order valence-corrected chi connectivity index (χ4v) is 1.59. The molecule has 0 aliphatic carbocycles. The molecule has 1 aromatic carbocycles. The molecule has 1 rings (SSSR count). The Morgan fingerprint density at radius 2 is 2.12 bits per heavy atom. The van der Waals surface area contributed by atoms with Gasteiger partial charge in [-0.05, 0) is 23.6 Å². The number of halogens is 1. The van der Waals surface area contributed by atoms with Crippen molar-refractivity contribution in [1.82, 2.24) is 0 Å². The van der Waals surface area contributed by atoms with Gasteiger partial charge in [0.1, 0.15) is 6.07 Å². The van der Waals surface area contributed by atoms with Crippen molar-refractivity contribution in [2.24, 2.45) is 5.41 Å². The number of anilines is 1. The van der Waals surface area contributed by atoms with Gasteiger partial charge in [-0.3, -0.25) is 4.79 Å². The molecule has 17 heavy (non-hydrogen) atoms. The van der Waals surface area contributed by atoms with Crippen LogP contribution in [0, 0.1) is 16.7 Å². The molecule has 0 saturated carbocycles. The topological polar surface area (TPSA) is 52.9 Å². The maximum atomic E-state index is 11.7. The number of hydrogen-bond acceptors (Lipinski definition) is 2. The average Bonchev–Trinajstić information content (AvgIpc) is 2.14. The zero-order chi connectivity index (χ0) is 13.1. The summed E-state index contributed by atoms with van der Waals surface area (Å²) in [5, 5.41) is 11.8. The summed E-state index contributed by atoms with van der Waals surface area (Å²) in [5.41, 5.74) is 0.962. The minimum Gasteiger partial charge on any atom is -0.326 e. The third-order valence-corrected chi connectivity index (χ3v) is 2.38. The Morgan fingerprint density at radius 1 is 1.47 bits per heavy atom. The monoisotopic (exact) mass is 250 g/mol. The average molecular weight is 251 g/mol. The number of benzene rings is 1. The highest BCUT2D eigenvalue weighted by molar-refractivity contribution is 6.32. The van der Waals surface area contributed by atoms with Crippen molar-refractivity contribution in [3.63, 3.8) is 0 Å². The molecule has 0 bridgehead atoms. The van der Waals surface area contributed by atoms with Crippen LogP contribution in [0.25, 0.3) is 0 Å². The maximum absolute atomic E-state index is 11.7. The highest BCUT2D eigenvalue weighted by atomic mass is 35.5. The first kappa shape index (κ1) is 13.5. The Balaban J connectivity index is 2.74. The van der Waals surface area contributed by atoms with E-state index in [1.807, 2.05) is 26.8 Å². The van der Waals surface area contributed by atoms with E-state index < -0.39 is 0 Å². The summed E-state index contributed by atoms with van der Waals surface area (Å²) in [6, 6.07) is 6.82. The molecule has 0 heterocycles. The van der Waals surface area contributed by atoms with Crippen LogP contribution in [0.2, 0.25) is 5.02 Å². The molecule has 0 aliphatic rings. The number of carbonyl (C=O) groups excluding carboxylic acids is 1. The van der Waals surface area contributed by atoms with Crippen LogP contribution in [-0.2, 0) is 4.79 Å². The number of rotatable bonds is 2. The van der Waals surface area contributed by atoms with Gasteiger partial charge in [-0.1, -0.05) is 32.4 Å². The first-order valence-corrected chi connectivity index (χ1v) is 5.69. The van der Waals surface area contributed by atoms with E-state index in [0.29, 0.717) is 22.7 Å².